The highest BCUT2D eigenvalue weighted by molar-refractivity contribution is 6.17. The van der Waals surface area contributed by atoms with Crippen LogP contribution in [0, 0.1) is 0 Å². The van der Waals surface area contributed by atoms with Crippen molar-refractivity contribution in [3.05, 3.63) is 41.5 Å². The Morgan fingerprint density at radius 1 is 1.36 bits per heavy atom. The third-order valence-corrected chi connectivity index (χ3v) is 2.64. The maximum Gasteiger partial charge on any atom is 0.0482 e. The molecule has 1 aromatic carbocycles. The van der Waals surface area contributed by atoms with Crippen molar-refractivity contribution in [1.29, 1.82) is 0 Å². The fourth-order valence-corrected chi connectivity index (χ4v) is 1.95. The lowest BCUT2D eigenvalue weighted by Gasteiger charge is -2.23. The molecule has 0 heterocycles. The zero-order valence-corrected chi connectivity index (χ0v) is 9.86. The van der Waals surface area contributed by atoms with Gasteiger partial charge in [0.15, 0.2) is 0 Å². The van der Waals surface area contributed by atoms with E-state index in [0.717, 1.165) is 5.56 Å². The number of benzene rings is 1. The molecule has 0 N–H and O–H groups in total. The standard InChI is InChI=1S/C13H17Cl/c1-5-10-7-6-8-12(11(10)9-14)13(2,3)4/h5-8H,1,9H2,2-4H3. The molecule has 0 saturated heterocycles. The molecule has 0 amide bonds. The molecule has 0 radical (unpaired) electrons. The molecule has 0 aliphatic carbocycles. The monoisotopic (exact) mass is 208 g/mol. The van der Waals surface area contributed by atoms with Gasteiger partial charge in [-0.05, 0) is 22.1 Å². The summed E-state index contributed by atoms with van der Waals surface area (Å²) in [6.45, 7) is 10.4. The molecule has 0 fully saturated rings. The highest BCUT2D eigenvalue weighted by atomic mass is 35.5. The van der Waals surface area contributed by atoms with Crippen molar-refractivity contribution < 1.29 is 0 Å². The van der Waals surface area contributed by atoms with Crippen molar-refractivity contribution in [3.8, 4) is 0 Å². The first-order chi connectivity index (χ1) is 6.50. The van der Waals surface area contributed by atoms with E-state index in [1.807, 2.05) is 6.08 Å². The van der Waals surface area contributed by atoms with Crippen LogP contribution in [0.25, 0.3) is 6.08 Å². The summed E-state index contributed by atoms with van der Waals surface area (Å²) < 4.78 is 0. The predicted octanol–water partition coefficient (Wildman–Crippen LogP) is 4.37. The van der Waals surface area contributed by atoms with Crippen molar-refractivity contribution in [2.24, 2.45) is 0 Å². The minimum atomic E-state index is 0.142. The molecule has 1 rings (SSSR count). The van der Waals surface area contributed by atoms with Gasteiger partial charge in [0.05, 0.1) is 0 Å². The van der Waals surface area contributed by atoms with Crippen LogP contribution in [0.5, 0.6) is 0 Å². The van der Waals surface area contributed by atoms with E-state index in [9.17, 15) is 0 Å². The number of alkyl halides is 1. The molecule has 0 unspecified atom stereocenters. The minimum absolute atomic E-state index is 0.142. The molecule has 14 heavy (non-hydrogen) atoms. The van der Waals surface area contributed by atoms with E-state index in [2.05, 4.69) is 45.5 Å². The predicted molar refractivity (Wildman–Crippen MR) is 64.8 cm³/mol. The Morgan fingerprint density at radius 2 is 2.00 bits per heavy atom. The zero-order chi connectivity index (χ0) is 10.8. The third-order valence-electron chi connectivity index (χ3n) is 2.37. The largest absolute Gasteiger partial charge is 0.122 e. The van der Waals surface area contributed by atoms with Crippen LogP contribution in [-0.2, 0) is 11.3 Å². The van der Waals surface area contributed by atoms with Gasteiger partial charge in [-0.2, -0.15) is 0 Å². The van der Waals surface area contributed by atoms with Gasteiger partial charge in [-0.15, -0.1) is 11.6 Å². The summed E-state index contributed by atoms with van der Waals surface area (Å²) in [4.78, 5) is 0. The van der Waals surface area contributed by atoms with Crippen LogP contribution in [0.4, 0.5) is 0 Å². The van der Waals surface area contributed by atoms with Gasteiger partial charge in [-0.1, -0.05) is 51.6 Å². The molecular formula is C13H17Cl. The zero-order valence-electron chi connectivity index (χ0n) is 9.10. The molecule has 0 bridgehead atoms. The van der Waals surface area contributed by atoms with Crippen molar-refractivity contribution in [2.75, 3.05) is 0 Å². The Hall–Kier alpha value is -0.750. The normalized spacial score (nSPS) is 11.4. The van der Waals surface area contributed by atoms with Gasteiger partial charge in [-0.25, -0.2) is 0 Å². The van der Waals surface area contributed by atoms with Gasteiger partial charge < -0.3 is 0 Å². The van der Waals surface area contributed by atoms with Crippen molar-refractivity contribution in [2.45, 2.75) is 32.1 Å². The Kier molecular flexibility index (Phi) is 3.38. The molecule has 0 aliphatic heterocycles. The van der Waals surface area contributed by atoms with Gasteiger partial charge in [0, 0.05) is 5.88 Å². The molecular weight excluding hydrogens is 192 g/mol. The molecule has 0 saturated carbocycles. The fraction of sp³-hybridized carbons (Fsp3) is 0.385. The number of rotatable bonds is 2. The van der Waals surface area contributed by atoms with Crippen LogP contribution in [0.2, 0.25) is 0 Å². The first kappa shape index (κ1) is 11.3. The van der Waals surface area contributed by atoms with E-state index >= 15 is 0 Å². The summed E-state index contributed by atoms with van der Waals surface area (Å²) in [5, 5.41) is 0. The third kappa shape index (κ3) is 2.19. The maximum atomic E-state index is 5.97. The highest BCUT2D eigenvalue weighted by Gasteiger charge is 2.18. The molecule has 76 valence electrons. The first-order valence-corrected chi connectivity index (χ1v) is 5.35. The van der Waals surface area contributed by atoms with E-state index in [4.69, 9.17) is 11.6 Å². The summed E-state index contributed by atoms with van der Waals surface area (Å²) in [7, 11) is 0. The smallest absolute Gasteiger partial charge is 0.0482 e. The SMILES string of the molecule is C=Cc1cccc(C(C)(C)C)c1CCl. The highest BCUT2D eigenvalue weighted by Crippen LogP contribution is 2.29. The fourth-order valence-electron chi connectivity index (χ4n) is 1.65. The van der Waals surface area contributed by atoms with Crippen LogP contribution < -0.4 is 0 Å². The molecule has 0 spiro atoms. The average Bonchev–Trinajstić information content (AvgIpc) is 2.15. The second-order valence-corrected chi connectivity index (χ2v) is 4.73. The summed E-state index contributed by atoms with van der Waals surface area (Å²) in [6, 6.07) is 6.26. The van der Waals surface area contributed by atoms with Gasteiger partial charge in [-0.3, -0.25) is 0 Å². The topological polar surface area (TPSA) is 0 Å². The van der Waals surface area contributed by atoms with Gasteiger partial charge >= 0.3 is 0 Å². The van der Waals surface area contributed by atoms with E-state index in [-0.39, 0.29) is 5.41 Å². The Balaban J connectivity index is 3.36. The average molecular weight is 209 g/mol. The molecule has 1 aromatic rings. The van der Waals surface area contributed by atoms with E-state index in [0.29, 0.717) is 5.88 Å². The second-order valence-electron chi connectivity index (χ2n) is 4.46. The molecule has 0 atom stereocenters. The summed E-state index contributed by atoms with van der Waals surface area (Å²) in [6.07, 6.45) is 1.87. The van der Waals surface area contributed by atoms with Crippen LogP contribution in [0.3, 0.4) is 0 Å². The molecule has 0 aromatic heterocycles. The Labute approximate surface area is 91.6 Å². The lowest BCUT2D eigenvalue weighted by molar-refractivity contribution is 0.585. The van der Waals surface area contributed by atoms with Crippen molar-refractivity contribution in [3.63, 3.8) is 0 Å². The van der Waals surface area contributed by atoms with Gasteiger partial charge in [0.2, 0.25) is 0 Å². The summed E-state index contributed by atoms with van der Waals surface area (Å²) in [5.41, 5.74) is 3.80. The first-order valence-electron chi connectivity index (χ1n) is 4.81. The Morgan fingerprint density at radius 3 is 2.43 bits per heavy atom. The summed E-state index contributed by atoms with van der Waals surface area (Å²) in [5.74, 6) is 0.550. The second kappa shape index (κ2) is 4.18. The van der Waals surface area contributed by atoms with Crippen LogP contribution in [0.15, 0.2) is 24.8 Å². The summed E-state index contributed by atoms with van der Waals surface area (Å²) >= 11 is 5.97. The van der Waals surface area contributed by atoms with Crippen LogP contribution >= 0.6 is 11.6 Å². The number of hydrogen-bond acceptors (Lipinski definition) is 0. The van der Waals surface area contributed by atoms with E-state index in [1.165, 1.54) is 11.1 Å². The molecule has 1 heteroatoms. The van der Waals surface area contributed by atoms with Crippen molar-refractivity contribution in [1.82, 2.24) is 0 Å². The van der Waals surface area contributed by atoms with E-state index < -0.39 is 0 Å². The number of hydrogen-bond donors (Lipinski definition) is 0. The maximum absolute atomic E-state index is 5.97. The van der Waals surface area contributed by atoms with Crippen LogP contribution in [0.1, 0.15) is 37.5 Å². The molecule has 0 nitrogen and oxygen atoms in total. The lowest BCUT2D eigenvalue weighted by atomic mass is 9.82. The number of halogens is 1. The molecule has 0 aliphatic rings. The van der Waals surface area contributed by atoms with Gasteiger partial charge in [0.1, 0.15) is 0 Å². The van der Waals surface area contributed by atoms with Crippen LogP contribution in [-0.4, -0.2) is 0 Å². The minimum Gasteiger partial charge on any atom is -0.122 e. The lowest BCUT2D eigenvalue weighted by Crippen LogP contribution is -2.14. The van der Waals surface area contributed by atoms with Crippen molar-refractivity contribution >= 4 is 17.7 Å². The quantitative estimate of drug-likeness (QED) is 0.634. The Bertz CT molecular complexity index is 332. The van der Waals surface area contributed by atoms with Gasteiger partial charge in [0.25, 0.3) is 0 Å². The van der Waals surface area contributed by atoms with E-state index in [1.54, 1.807) is 0 Å².